The molecule has 7 heteroatoms. The average Bonchev–Trinajstić information content (AvgIpc) is 2.61. The molecule has 0 aliphatic carbocycles. The molecule has 0 saturated heterocycles. The molecule has 0 aliphatic heterocycles. The number of nitrogens with one attached hydrogen (secondary N) is 3. The fourth-order valence-electron chi connectivity index (χ4n) is 2.34. The molecule has 0 spiro atoms. The number of nitrogens with zero attached hydrogens (tertiary/aromatic N) is 1. The highest BCUT2D eigenvalue weighted by atomic mass is 16.5. The number of ether oxygens (including phenoxy) is 1. The Balaban J connectivity index is 2.04. The van der Waals surface area contributed by atoms with Gasteiger partial charge in [0.05, 0.1) is 18.7 Å². The second kappa shape index (κ2) is 9.02. The Morgan fingerprint density at radius 2 is 1.81 bits per heavy atom. The zero-order valence-electron chi connectivity index (χ0n) is 16.1. The van der Waals surface area contributed by atoms with Crippen molar-refractivity contribution in [3.63, 3.8) is 0 Å². The predicted molar refractivity (Wildman–Crippen MR) is 105 cm³/mol. The maximum Gasteiger partial charge on any atom is 0.255 e. The molecule has 0 bridgehead atoms. The molecule has 3 N–H and O–H groups in total. The van der Waals surface area contributed by atoms with Gasteiger partial charge >= 0.3 is 0 Å². The molecule has 0 saturated carbocycles. The van der Waals surface area contributed by atoms with E-state index in [1.807, 2.05) is 52.0 Å². The molecule has 0 radical (unpaired) electrons. The number of anilines is 2. The smallest absolute Gasteiger partial charge is 0.255 e. The van der Waals surface area contributed by atoms with E-state index in [2.05, 4.69) is 20.9 Å². The number of pyridine rings is 1. The lowest BCUT2D eigenvalue weighted by Gasteiger charge is -2.20. The Bertz CT molecular complexity index is 783. The first kappa shape index (κ1) is 20.2. The summed E-state index contributed by atoms with van der Waals surface area (Å²) in [6.07, 6.45) is 1.60. The van der Waals surface area contributed by atoms with Crippen LogP contribution in [0.4, 0.5) is 11.5 Å². The van der Waals surface area contributed by atoms with Crippen molar-refractivity contribution < 1.29 is 14.3 Å². The average molecular weight is 370 g/mol. The number of carbonyl (C=O) groups excluding carboxylic acids is 2. The van der Waals surface area contributed by atoms with E-state index < -0.39 is 0 Å². The molecule has 1 aromatic heterocycles. The van der Waals surface area contributed by atoms with Crippen LogP contribution in [0.3, 0.4) is 0 Å². The molecular weight excluding hydrogens is 344 g/mol. The van der Waals surface area contributed by atoms with Gasteiger partial charge in [-0.05, 0) is 64.1 Å². The Morgan fingerprint density at radius 3 is 2.44 bits per heavy atom. The second-order valence-corrected chi connectivity index (χ2v) is 6.96. The van der Waals surface area contributed by atoms with Crippen LogP contribution in [0.15, 0.2) is 42.6 Å². The predicted octanol–water partition coefficient (Wildman–Crippen LogP) is 2.87. The number of hydrogen-bond donors (Lipinski definition) is 3. The third kappa shape index (κ3) is 6.62. The maximum absolute atomic E-state index is 12.5. The molecule has 2 aromatic rings. The van der Waals surface area contributed by atoms with Crippen LogP contribution in [0.25, 0.3) is 0 Å². The first-order chi connectivity index (χ1) is 12.8. The quantitative estimate of drug-likeness (QED) is 0.697. The van der Waals surface area contributed by atoms with E-state index in [0.29, 0.717) is 18.0 Å². The van der Waals surface area contributed by atoms with Gasteiger partial charge in [-0.3, -0.25) is 9.59 Å². The second-order valence-electron chi connectivity index (χ2n) is 6.96. The maximum atomic E-state index is 12.5. The minimum atomic E-state index is -0.374. The molecule has 144 valence electrons. The summed E-state index contributed by atoms with van der Waals surface area (Å²) in [5, 5.41) is 8.54. The van der Waals surface area contributed by atoms with Crippen LogP contribution in [-0.4, -0.2) is 35.5 Å². The molecular formula is C20H26N4O3. The molecule has 0 aliphatic rings. The molecule has 1 aromatic carbocycles. The molecule has 2 rings (SSSR count). The van der Waals surface area contributed by atoms with Gasteiger partial charge in [-0.1, -0.05) is 0 Å². The zero-order chi connectivity index (χ0) is 19.9. The molecule has 1 heterocycles. The van der Waals surface area contributed by atoms with Crippen molar-refractivity contribution in [2.45, 2.75) is 33.2 Å². The van der Waals surface area contributed by atoms with E-state index in [1.165, 1.54) is 0 Å². The highest BCUT2D eigenvalue weighted by Gasteiger charge is 2.16. The number of hydrogen-bond acceptors (Lipinski definition) is 5. The van der Waals surface area contributed by atoms with Crippen LogP contribution in [0.2, 0.25) is 0 Å². The van der Waals surface area contributed by atoms with Gasteiger partial charge in [0.1, 0.15) is 11.6 Å². The van der Waals surface area contributed by atoms with Gasteiger partial charge in [0.2, 0.25) is 5.91 Å². The third-order valence-electron chi connectivity index (χ3n) is 3.40. The standard InChI is InChI=1S/C20H26N4O3/c1-5-27-15-10-8-14(9-11-15)23-18-16(7-6-12-21-18)19(26)22-13-17(25)24-20(2,3)4/h6-12H,5,13H2,1-4H3,(H,21,23)(H,22,26)(H,24,25). The van der Waals surface area contributed by atoms with Crippen molar-refractivity contribution in [1.82, 2.24) is 15.6 Å². The first-order valence-electron chi connectivity index (χ1n) is 8.82. The van der Waals surface area contributed by atoms with E-state index in [4.69, 9.17) is 4.74 Å². The molecule has 7 nitrogen and oxygen atoms in total. The molecule has 0 atom stereocenters. The summed E-state index contributed by atoms with van der Waals surface area (Å²) in [5.41, 5.74) is 0.780. The van der Waals surface area contributed by atoms with Gasteiger partial charge in [0.15, 0.2) is 0 Å². The topological polar surface area (TPSA) is 92.3 Å². The van der Waals surface area contributed by atoms with Crippen LogP contribution in [0.5, 0.6) is 5.75 Å². The number of aromatic nitrogens is 1. The monoisotopic (exact) mass is 370 g/mol. The van der Waals surface area contributed by atoms with E-state index in [1.54, 1.807) is 18.3 Å². The van der Waals surface area contributed by atoms with Crippen molar-refractivity contribution in [2.24, 2.45) is 0 Å². The molecule has 2 amide bonds. The highest BCUT2D eigenvalue weighted by Crippen LogP contribution is 2.21. The molecule has 0 fully saturated rings. The normalized spacial score (nSPS) is 10.8. The number of rotatable bonds is 7. The van der Waals surface area contributed by atoms with Crippen LogP contribution in [-0.2, 0) is 4.79 Å². The van der Waals surface area contributed by atoms with Crippen molar-refractivity contribution >= 4 is 23.3 Å². The summed E-state index contributed by atoms with van der Waals surface area (Å²) in [6.45, 7) is 8.06. The highest BCUT2D eigenvalue weighted by molar-refractivity contribution is 6.00. The van der Waals surface area contributed by atoms with Gasteiger partial charge < -0.3 is 20.7 Å². The van der Waals surface area contributed by atoms with Crippen LogP contribution in [0.1, 0.15) is 38.1 Å². The Hall–Kier alpha value is -3.09. The van der Waals surface area contributed by atoms with Crippen molar-refractivity contribution in [2.75, 3.05) is 18.5 Å². The fourth-order valence-corrected chi connectivity index (χ4v) is 2.34. The summed E-state index contributed by atoms with van der Waals surface area (Å²) in [4.78, 5) is 28.6. The van der Waals surface area contributed by atoms with E-state index in [0.717, 1.165) is 11.4 Å². The van der Waals surface area contributed by atoms with Gasteiger partial charge in [0.25, 0.3) is 5.91 Å². The summed E-state index contributed by atoms with van der Waals surface area (Å²) >= 11 is 0. The molecule has 0 unspecified atom stereocenters. The van der Waals surface area contributed by atoms with Crippen molar-refractivity contribution in [1.29, 1.82) is 0 Å². The number of benzene rings is 1. The molecule has 27 heavy (non-hydrogen) atoms. The summed E-state index contributed by atoms with van der Waals surface area (Å²) in [7, 11) is 0. The van der Waals surface area contributed by atoms with Gasteiger partial charge in [-0.15, -0.1) is 0 Å². The zero-order valence-corrected chi connectivity index (χ0v) is 16.1. The number of carbonyl (C=O) groups is 2. The van der Waals surface area contributed by atoms with Crippen LogP contribution >= 0.6 is 0 Å². The minimum Gasteiger partial charge on any atom is -0.494 e. The summed E-state index contributed by atoms with van der Waals surface area (Å²) in [6, 6.07) is 10.7. The Kier molecular flexibility index (Phi) is 6.76. The van der Waals surface area contributed by atoms with Crippen molar-refractivity contribution in [3.05, 3.63) is 48.2 Å². The number of amides is 2. The Labute approximate surface area is 159 Å². The Morgan fingerprint density at radius 1 is 1.11 bits per heavy atom. The lowest BCUT2D eigenvalue weighted by Crippen LogP contribution is -2.45. The lowest BCUT2D eigenvalue weighted by molar-refractivity contribution is -0.121. The third-order valence-corrected chi connectivity index (χ3v) is 3.40. The van der Waals surface area contributed by atoms with Gasteiger partial charge in [0, 0.05) is 17.4 Å². The largest absolute Gasteiger partial charge is 0.494 e. The van der Waals surface area contributed by atoms with E-state index >= 15 is 0 Å². The fraction of sp³-hybridized carbons (Fsp3) is 0.350. The van der Waals surface area contributed by atoms with Gasteiger partial charge in [-0.2, -0.15) is 0 Å². The van der Waals surface area contributed by atoms with E-state index in [-0.39, 0.29) is 23.9 Å². The summed E-state index contributed by atoms with van der Waals surface area (Å²) < 4.78 is 5.42. The van der Waals surface area contributed by atoms with Crippen LogP contribution < -0.4 is 20.7 Å². The van der Waals surface area contributed by atoms with Crippen LogP contribution in [0, 0.1) is 0 Å². The first-order valence-corrected chi connectivity index (χ1v) is 8.82. The van der Waals surface area contributed by atoms with Crippen molar-refractivity contribution in [3.8, 4) is 5.75 Å². The minimum absolute atomic E-state index is 0.104. The SMILES string of the molecule is CCOc1ccc(Nc2ncccc2C(=O)NCC(=O)NC(C)(C)C)cc1. The summed E-state index contributed by atoms with van der Waals surface area (Å²) in [5.74, 6) is 0.559. The van der Waals surface area contributed by atoms with Gasteiger partial charge in [-0.25, -0.2) is 4.98 Å². The lowest BCUT2D eigenvalue weighted by atomic mass is 10.1. The van der Waals surface area contributed by atoms with E-state index in [9.17, 15) is 9.59 Å².